The molecule has 39 heavy (non-hydrogen) atoms. The second-order valence-electron chi connectivity index (χ2n) is 9.05. The van der Waals surface area contributed by atoms with Crippen LogP contribution in [0.4, 0.5) is 5.13 Å². The van der Waals surface area contributed by atoms with Crippen molar-refractivity contribution in [2.75, 3.05) is 24.7 Å². The SMILES string of the molecule is CCCOc1ccc(C2/C(=C(/O)c3ccc4c(c3)OCCO4)C(=O)C(=O)N2c2nc3ccc(Cl)cc3s2)cc1. The molecule has 0 bridgehead atoms. The van der Waals surface area contributed by atoms with Crippen molar-refractivity contribution in [1.29, 1.82) is 0 Å². The molecule has 1 saturated heterocycles. The number of carbonyl (C=O) groups excluding carboxylic acids is 2. The number of carbonyl (C=O) groups is 2. The first kappa shape index (κ1) is 25.2. The van der Waals surface area contributed by atoms with Gasteiger partial charge in [-0.2, -0.15) is 0 Å². The Hall–Kier alpha value is -4.08. The van der Waals surface area contributed by atoms with Gasteiger partial charge in [0.25, 0.3) is 5.78 Å². The number of amides is 1. The van der Waals surface area contributed by atoms with Crippen LogP contribution in [-0.4, -0.2) is 41.6 Å². The summed E-state index contributed by atoms with van der Waals surface area (Å²) >= 11 is 7.42. The van der Waals surface area contributed by atoms with Crippen LogP contribution in [0.15, 0.2) is 66.2 Å². The van der Waals surface area contributed by atoms with Crippen LogP contribution in [0.5, 0.6) is 17.2 Å². The monoisotopic (exact) mass is 562 g/mol. The van der Waals surface area contributed by atoms with E-state index < -0.39 is 17.7 Å². The molecule has 0 aliphatic carbocycles. The van der Waals surface area contributed by atoms with Crippen molar-refractivity contribution in [2.45, 2.75) is 19.4 Å². The number of hydrogen-bond donors (Lipinski definition) is 1. The van der Waals surface area contributed by atoms with Gasteiger partial charge in [-0.15, -0.1) is 0 Å². The molecule has 198 valence electrons. The molecule has 0 saturated carbocycles. The first-order chi connectivity index (χ1) is 18.9. The molecule has 0 spiro atoms. The number of aromatic nitrogens is 1. The normalized spacial score (nSPS) is 18.1. The zero-order valence-corrected chi connectivity index (χ0v) is 22.4. The molecule has 2 aliphatic heterocycles. The van der Waals surface area contributed by atoms with Crippen molar-refractivity contribution in [2.24, 2.45) is 0 Å². The fraction of sp³-hybridized carbons (Fsp3) is 0.207. The van der Waals surface area contributed by atoms with Crippen molar-refractivity contribution in [1.82, 2.24) is 4.98 Å². The van der Waals surface area contributed by atoms with Crippen molar-refractivity contribution < 1.29 is 28.9 Å². The van der Waals surface area contributed by atoms with Crippen LogP contribution in [0.1, 0.15) is 30.5 Å². The Balaban J connectivity index is 1.50. The topological polar surface area (TPSA) is 98.2 Å². The van der Waals surface area contributed by atoms with Gasteiger partial charge in [-0.25, -0.2) is 4.98 Å². The maximum atomic E-state index is 13.5. The number of halogens is 1. The lowest BCUT2D eigenvalue weighted by Gasteiger charge is -2.23. The van der Waals surface area contributed by atoms with Gasteiger partial charge < -0.3 is 19.3 Å². The molecule has 3 aromatic carbocycles. The number of rotatable bonds is 6. The Morgan fingerprint density at radius 3 is 2.62 bits per heavy atom. The third-order valence-electron chi connectivity index (χ3n) is 6.47. The number of ether oxygens (including phenoxy) is 3. The van der Waals surface area contributed by atoms with E-state index in [0.717, 1.165) is 11.1 Å². The molecule has 8 nitrogen and oxygen atoms in total. The van der Waals surface area contributed by atoms with Gasteiger partial charge in [0.15, 0.2) is 16.6 Å². The van der Waals surface area contributed by atoms with Gasteiger partial charge in [0.1, 0.15) is 24.7 Å². The van der Waals surface area contributed by atoms with Gasteiger partial charge in [-0.3, -0.25) is 14.5 Å². The van der Waals surface area contributed by atoms with Crippen molar-refractivity contribution in [3.8, 4) is 17.2 Å². The molecular formula is C29H23ClN2O6S. The van der Waals surface area contributed by atoms with Gasteiger partial charge in [0.2, 0.25) is 0 Å². The molecule has 1 amide bonds. The second kappa shape index (κ2) is 10.2. The average Bonchev–Trinajstić information content (AvgIpc) is 3.48. The summed E-state index contributed by atoms with van der Waals surface area (Å²) in [6.07, 6.45) is 0.860. The summed E-state index contributed by atoms with van der Waals surface area (Å²) in [7, 11) is 0. The van der Waals surface area contributed by atoms with Crippen molar-refractivity contribution >= 4 is 55.7 Å². The minimum Gasteiger partial charge on any atom is -0.507 e. The van der Waals surface area contributed by atoms with Gasteiger partial charge >= 0.3 is 5.91 Å². The minimum absolute atomic E-state index is 0.0452. The van der Waals surface area contributed by atoms with Crippen LogP contribution in [0.25, 0.3) is 16.0 Å². The van der Waals surface area contributed by atoms with E-state index in [1.54, 1.807) is 60.7 Å². The molecule has 10 heteroatoms. The van der Waals surface area contributed by atoms with Gasteiger partial charge in [-0.05, 0) is 60.5 Å². The van der Waals surface area contributed by atoms with Gasteiger partial charge in [-0.1, -0.05) is 42.0 Å². The van der Waals surface area contributed by atoms with Crippen molar-refractivity contribution in [3.63, 3.8) is 0 Å². The number of ketones is 1. The lowest BCUT2D eigenvalue weighted by molar-refractivity contribution is -0.132. The Morgan fingerprint density at radius 2 is 1.85 bits per heavy atom. The summed E-state index contributed by atoms with van der Waals surface area (Å²) in [6, 6.07) is 16.4. The molecule has 1 aromatic heterocycles. The van der Waals surface area contributed by atoms with Crippen LogP contribution in [-0.2, 0) is 9.59 Å². The number of benzene rings is 3. The number of aliphatic hydroxyl groups excluding tert-OH is 1. The second-order valence-corrected chi connectivity index (χ2v) is 10.5. The highest BCUT2D eigenvalue weighted by atomic mass is 35.5. The number of nitrogens with zero attached hydrogens (tertiary/aromatic N) is 2. The summed E-state index contributed by atoms with van der Waals surface area (Å²) < 4.78 is 17.7. The fourth-order valence-corrected chi connectivity index (χ4v) is 5.92. The van der Waals surface area contributed by atoms with Crippen LogP contribution in [0.2, 0.25) is 5.02 Å². The number of hydrogen-bond acceptors (Lipinski definition) is 8. The molecule has 2 aliphatic rings. The van der Waals surface area contributed by atoms with E-state index in [0.29, 0.717) is 63.9 Å². The maximum absolute atomic E-state index is 13.5. The summed E-state index contributed by atoms with van der Waals surface area (Å²) in [5.74, 6) is -0.235. The molecule has 1 fully saturated rings. The average molecular weight is 563 g/mol. The predicted molar refractivity (Wildman–Crippen MR) is 149 cm³/mol. The lowest BCUT2D eigenvalue weighted by atomic mass is 9.95. The molecular weight excluding hydrogens is 540 g/mol. The van der Waals surface area contributed by atoms with Crippen molar-refractivity contribution in [3.05, 3.63) is 82.4 Å². The zero-order valence-electron chi connectivity index (χ0n) is 20.8. The Labute approximate surface area is 233 Å². The summed E-state index contributed by atoms with van der Waals surface area (Å²) in [4.78, 5) is 33.0. The third kappa shape index (κ3) is 4.57. The molecule has 1 unspecified atom stereocenters. The highest BCUT2D eigenvalue weighted by Gasteiger charge is 2.48. The largest absolute Gasteiger partial charge is 0.507 e. The molecule has 0 radical (unpaired) electrons. The number of Topliss-reactive ketones (excluding diaryl/α,β-unsaturated/α-hetero) is 1. The van der Waals surface area contributed by atoms with Crippen LogP contribution in [0.3, 0.4) is 0 Å². The maximum Gasteiger partial charge on any atom is 0.301 e. The lowest BCUT2D eigenvalue weighted by Crippen LogP contribution is -2.29. The Bertz CT molecular complexity index is 1630. The Kier molecular flexibility index (Phi) is 6.62. The van der Waals surface area contributed by atoms with Gasteiger partial charge in [0, 0.05) is 10.6 Å². The summed E-state index contributed by atoms with van der Waals surface area (Å²) in [6.45, 7) is 3.38. The summed E-state index contributed by atoms with van der Waals surface area (Å²) in [5.41, 5.74) is 1.56. The Morgan fingerprint density at radius 1 is 1.08 bits per heavy atom. The highest BCUT2D eigenvalue weighted by molar-refractivity contribution is 7.22. The quantitative estimate of drug-likeness (QED) is 0.171. The van der Waals surface area contributed by atoms with E-state index in [4.69, 9.17) is 25.8 Å². The van der Waals surface area contributed by atoms with Crippen LogP contribution < -0.4 is 19.1 Å². The van der Waals surface area contributed by atoms with E-state index in [1.165, 1.54) is 16.2 Å². The van der Waals surface area contributed by atoms with E-state index in [2.05, 4.69) is 4.98 Å². The summed E-state index contributed by atoms with van der Waals surface area (Å²) in [5, 5.41) is 12.3. The molecule has 3 heterocycles. The number of aliphatic hydroxyl groups is 1. The number of fused-ring (bicyclic) bond motifs is 2. The predicted octanol–water partition coefficient (Wildman–Crippen LogP) is 6.14. The number of thiazole rings is 1. The smallest absolute Gasteiger partial charge is 0.301 e. The van der Waals surface area contributed by atoms with Crippen LogP contribution in [0, 0.1) is 0 Å². The molecule has 6 rings (SSSR count). The molecule has 1 atom stereocenters. The first-order valence-corrected chi connectivity index (χ1v) is 13.6. The molecule has 1 N–H and O–H groups in total. The zero-order chi connectivity index (χ0) is 27.1. The standard InChI is InChI=1S/C29H23ClN2O6S/c1-2-11-36-19-7-3-16(4-8-19)25-24(26(33)17-5-10-21-22(14-17)38-13-12-37-21)27(34)28(35)32(25)29-31-20-9-6-18(30)15-23(20)39-29/h3-10,14-15,25,33H,2,11-13H2,1H3/b26-24-. The van der Waals surface area contributed by atoms with E-state index in [1.807, 2.05) is 6.92 Å². The van der Waals surface area contributed by atoms with E-state index in [9.17, 15) is 14.7 Å². The van der Waals surface area contributed by atoms with E-state index >= 15 is 0 Å². The van der Waals surface area contributed by atoms with E-state index in [-0.39, 0.29) is 11.3 Å². The minimum atomic E-state index is -0.922. The fourth-order valence-electron chi connectivity index (χ4n) is 4.65. The van der Waals surface area contributed by atoms with Crippen LogP contribution >= 0.6 is 22.9 Å². The van der Waals surface area contributed by atoms with Gasteiger partial charge in [0.05, 0.1) is 28.4 Å². The highest BCUT2D eigenvalue weighted by Crippen LogP contribution is 2.45. The third-order valence-corrected chi connectivity index (χ3v) is 7.73. The first-order valence-electron chi connectivity index (χ1n) is 12.4. The number of anilines is 1. The molecule has 4 aromatic rings.